The van der Waals surface area contributed by atoms with E-state index in [4.69, 9.17) is 6.52 Å². The number of aliphatic carboxylic acids is 2. The van der Waals surface area contributed by atoms with E-state index in [2.05, 4.69) is 5.32 Å². The molecule has 8 heteroatoms. The summed E-state index contributed by atoms with van der Waals surface area (Å²) in [6, 6.07) is 6.09. The maximum atomic E-state index is 12.8. The second-order valence-corrected chi connectivity index (χ2v) is 7.80. The molecule has 8 nitrogen and oxygen atoms in total. The molecule has 0 heterocycles. The van der Waals surface area contributed by atoms with Crippen molar-refractivity contribution in [1.29, 1.82) is 0 Å². The predicted octanol–water partition coefficient (Wildman–Crippen LogP) is 1.58. The molecule has 0 aliphatic rings. The van der Waals surface area contributed by atoms with Crippen LogP contribution in [-0.4, -0.2) is 46.0 Å². The first-order valence-corrected chi connectivity index (χ1v) is 9.00. The van der Waals surface area contributed by atoms with Gasteiger partial charge in [0.2, 0.25) is 11.8 Å². The number of carboxylic acids is 2. The zero-order chi connectivity index (χ0) is 22.2. The van der Waals surface area contributed by atoms with Crippen LogP contribution in [0.4, 0.5) is 0 Å². The molecule has 1 aromatic carbocycles. The third kappa shape index (κ3) is 9.16. The molecular weight excluding hydrogens is 364 g/mol. The largest absolute Gasteiger partial charge is 0.481 e. The van der Waals surface area contributed by atoms with E-state index in [1.54, 1.807) is 30.3 Å². The summed E-state index contributed by atoms with van der Waals surface area (Å²) in [5.74, 6) is -3.95. The van der Waals surface area contributed by atoms with Crippen LogP contribution in [-0.2, 0) is 25.6 Å². The number of benzene rings is 1. The van der Waals surface area contributed by atoms with E-state index in [1.807, 2.05) is 20.8 Å². The number of carbonyl (C=O) groups is 4. The van der Waals surface area contributed by atoms with Gasteiger partial charge in [0.25, 0.3) is 0 Å². The summed E-state index contributed by atoms with van der Waals surface area (Å²) in [6.07, 6.45) is -0.676. The minimum Gasteiger partial charge on any atom is -0.481 e. The molecule has 0 fully saturated rings. The van der Waals surface area contributed by atoms with E-state index in [0.717, 1.165) is 0 Å². The van der Waals surface area contributed by atoms with Crippen molar-refractivity contribution < 1.29 is 30.8 Å². The van der Waals surface area contributed by atoms with Crippen LogP contribution in [0.3, 0.4) is 0 Å². The van der Waals surface area contributed by atoms with Gasteiger partial charge in [-0.2, -0.15) is 0 Å². The minimum atomic E-state index is -1.43. The van der Waals surface area contributed by atoms with Crippen molar-refractivity contribution in [2.24, 2.45) is 5.41 Å². The van der Waals surface area contributed by atoms with Crippen LogP contribution in [0.1, 0.15) is 45.6 Å². The molecule has 0 saturated carbocycles. The van der Waals surface area contributed by atoms with Crippen molar-refractivity contribution in [2.75, 3.05) is 0 Å². The third-order valence-electron chi connectivity index (χ3n) is 3.82. The normalized spacial score (nSPS) is 13.8. The molecule has 0 unspecified atom stereocenters. The SMILES string of the molecule is [2H]N(C(=O)CC(C)(C)C)[C@@H](Cc1ccccc1)C(=O)N[C@@H](CCC(=O)O)C(=O)O. The van der Waals surface area contributed by atoms with Crippen LogP contribution in [0.2, 0.25) is 1.41 Å². The molecule has 0 aromatic heterocycles. The van der Waals surface area contributed by atoms with Crippen LogP contribution < -0.4 is 10.6 Å². The molecule has 2 amide bonds. The van der Waals surface area contributed by atoms with Crippen LogP contribution in [0.25, 0.3) is 0 Å². The summed E-state index contributed by atoms with van der Waals surface area (Å²) in [5.41, 5.74) is 0.306. The maximum absolute atomic E-state index is 12.8. The molecule has 0 aliphatic heterocycles. The number of hydrogen-bond acceptors (Lipinski definition) is 4. The smallest absolute Gasteiger partial charge is 0.326 e. The topological polar surface area (TPSA) is 133 Å². The summed E-state index contributed by atoms with van der Waals surface area (Å²) >= 11 is 0. The molecule has 0 saturated heterocycles. The Bertz CT molecular complexity index is 732. The first kappa shape index (κ1) is 21.4. The standard InChI is InChI=1S/C20H28N2O6/c1-20(2,3)12-16(23)21-15(11-13-7-5-4-6-8-13)18(26)22-14(19(27)28)9-10-17(24)25/h4-8,14-15H,9-12H2,1-3H3,(H,21,23)(H,22,26)(H,24,25)(H,27,28)/t14-,15-/m0/s1/i/hD. The van der Waals surface area contributed by atoms with Crippen LogP contribution in [0.5, 0.6) is 0 Å². The van der Waals surface area contributed by atoms with Gasteiger partial charge in [-0.05, 0) is 17.4 Å². The zero-order valence-corrected chi connectivity index (χ0v) is 16.3. The lowest BCUT2D eigenvalue weighted by molar-refractivity contribution is -0.143. The average Bonchev–Trinajstić information content (AvgIpc) is 2.61. The summed E-state index contributed by atoms with van der Waals surface area (Å²) in [4.78, 5) is 47.4. The first-order valence-electron chi connectivity index (χ1n) is 9.45. The molecule has 2 atom stereocenters. The minimum absolute atomic E-state index is 0.0251. The number of carboxylic acid groups (broad SMARTS) is 2. The van der Waals surface area contributed by atoms with Crippen molar-refractivity contribution in [3.05, 3.63) is 35.9 Å². The van der Waals surface area contributed by atoms with Gasteiger partial charge in [-0.15, -0.1) is 0 Å². The number of hydrogen-bond donors (Lipinski definition) is 4. The van der Waals surface area contributed by atoms with Crippen LogP contribution in [0.15, 0.2) is 30.3 Å². The van der Waals surface area contributed by atoms with Crippen molar-refractivity contribution in [3.8, 4) is 0 Å². The van der Waals surface area contributed by atoms with E-state index in [0.29, 0.717) is 10.9 Å². The van der Waals surface area contributed by atoms with Gasteiger partial charge in [0.05, 0.1) is 0 Å². The number of amides is 2. The summed E-state index contributed by atoms with van der Waals surface area (Å²) in [7, 11) is 0. The lowest BCUT2D eigenvalue weighted by Gasteiger charge is -2.23. The Balaban J connectivity index is 3.04. The number of carbonyl (C=O) groups excluding carboxylic acids is 2. The second kappa shape index (κ2) is 10.4. The van der Waals surface area contributed by atoms with Gasteiger partial charge in [-0.25, -0.2) is 4.79 Å². The van der Waals surface area contributed by atoms with E-state index in [-0.39, 0.29) is 19.3 Å². The quantitative estimate of drug-likeness (QED) is 0.477. The Hall–Kier alpha value is -2.90. The highest BCUT2D eigenvalue weighted by atomic mass is 16.4. The average molecular weight is 393 g/mol. The van der Waals surface area contributed by atoms with Gasteiger partial charge in [0.1, 0.15) is 12.1 Å². The van der Waals surface area contributed by atoms with E-state index >= 15 is 0 Å². The fraction of sp³-hybridized carbons (Fsp3) is 0.500. The van der Waals surface area contributed by atoms with Gasteiger partial charge >= 0.3 is 11.9 Å². The fourth-order valence-corrected chi connectivity index (χ4v) is 2.50. The molecule has 0 aliphatic carbocycles. The van der Waals surface area contributed by atoms with Crippen LogP contribution >= 0.6 is 0 Å². The molecule has 1 rings (SSSR count). The third-order valence-corrected chi connectivity index (χ3v) is 3.82. The lowest BCUT2D eigenvalue weighted by atomic mass is 9.91. The van der Waals surface area contributed by atoms with Gasteiger partial charge in [0, 0.05) is 19.3 Å². The molecule has 4 N–H and O–H groups in total. The Morgan fingerprint density at radius 2 is 1.68 bits per heavy atom. The molecule has 1 aromatic rings. The van der Waals surface area contributed by atoms with E-state index < -0.39 is 47.7 Å². The molecule has 154 valence electrons. The van der Waals surface area contributed by atoms with Gasteiger partial charge in [-0.3, -0.25) is 14.4 Å². The molecule has 0 radical (unpaired) electrons. The van der Waals surface area contributed by atoms with Crippen molar-refractivity contribution >= 4 is 23.8 Å². The predicted molar refractivity (Wildman–Crippen MR) is 103 cm³/mol. The van der Waals surface area contributed by atoms with Gasteiger partial charge in [-0.1, -0.05) is 51.1 Å². The Kier molecular flexibility index (Phi) is 7.98. The summed E-state index contributed by atoms with van der Waals surface area (Å²) in [6.45, 7) is 5.49. The van der Waals surface area contributed by atoms with Crippen molar-refractivity contribution in [2.45, 2.75) is 58.5 Å². The lowest BCUT2D eigenvalue weighted by Crippen LogP contribution is -2.52. The molecule has 28 heavy (non-hydrogen) atoms. The zero-order valence-electron chi connectivity index (χ0n) is 17.3. The fourth-order valence-electron chi connectivity index (χ4n) is 2.50. The Labute approximate surface area is 165 Å². The summed E-state index contributed by atoms with van der Waals surface area (Å²) < 4.78 is 8.20. The molecule has 0 bridgehead atoms. The maximum Gasteiger partial charge on any atom is 0.326 e. The second-order valence-electron chi connectivity index (χ2n) is 7.80. The highest BCUT2D eigenvalue weighted by Crippen LogP contribution is 2.18. The van der Waals surface area contributed by atoms with Crippen LogP contribution in [0, 0.1) is 5.41 Å². The molecular formula is C20H28N2O6. The first-order chi connectivity index (χ1) is 13.4. The monoisotopic (exact) mass is 393 g/mol. The Morgan fingerprint density at radius 1 is 1.07 bits per heavy atom. The highest BCUT2D eigenvalue weighted by molar-refractivity contribution is 5.90. The number of nitrogens with one attached hydrogen (secondary N) is 2. The van der Waals surface area contributed by atoms with E-state index in [9.17, 15) is 24.3 Å². The van der Waals surface area contributed by atoms with Crippen molar-refractivity contribution in [1.82, 2.24) is 10.6 Å². The number of rotatable bonds is 10. The van der Waals surface area contributed by atoms with Gasteiger partial charge in [0.15, 0.2) is 1.41 Å². The van der Waals surface area contributed by atoms with Crippen molar-refractivity contribution in [3.63, 3.8) is 0 Å². The van der Waals surface area contributed by atoms with E-state index in [1.165, 1.54) is 0 Å². The highest BCUT2D eigenvalue weighted by Gasteiger charge is 2.28. The van der Waals surface area contributed by atoms with Gasteiger partial charge < -0.3 is 20.8 Å². The Morgan fingerprint density at radius 3 is 2.18 bits per heavy atom. The summed E-state index contributed by atoms with van der Waals surface area (Å²) in [5, 5.41) is 20.9. The molecule has 0 spiro atoms.